The third-order valence-corrected chi connectivity index (χ3v) is 6.05. The molecule has 0 heterocycles. The number of alkyl carbamates (subject to hydrolysis) is 1. The number of nitrogens with one attached hydrogen (secondary N) is 2. The number of fused-ring (bicyclic) bond motifs is 3. The monoisotopic (exact) mass is 482 g/mol. The van der Waals surface area contributed by atoms with Crippen LogP contribution in [0.1, 0.15) is 43.7 Å². The minimum Gasteiger partial charge on any atom is -0.480 e. The van der Waals surface area contributed by atoms with Crippen molar-refractivity contribution in [3.05, 3.63) is 59.7 Å². The Morgan fingerprint density at radius 3 is 2.03 bits per heavy atom. The van der Waals surface area contributed by atoms with Crippen molar-refractivity contribution in [1.82, 2.24) is 10.6 Å². The molecular formula is C26H30N2O7. The SMILES string of the molecule is COC(=O)CC[C@@H](NC(=O)[C@@H](NC(=O)OCC1c2ccccc2-c2ccccc21)C(C)C)C(=O)O. The largest absolute Gasteiger partial charge is 0.480 e. The average Bonchev–Trinajstić information content (AvgIpc) is 3.16. The standard InChI is InChI=1S/C26H30N2O7/c1-15(2)23(24(30)27-21(25(31)32)12-13-22(29)34-3)28-26(33)35-14-20-18-10-6-4-8-16(18)17-9-5-7-11-19(17)20/h4-11,15,20-21,23H,12-14H2,1-3H3,(H,27,30)(H,28,33)(H,31,32)/t21-,23+/m1/s1. The highest BCUT2D eigenvalue weighted by Crippen LogP contribution is 2.44. The number of carbonyl (C=O) groups excluding carboxylic acids is 3. The van der Waals surface area contributed by atoms with E-state index in [9.17, 15) is 24.3 Å². The fraction of sp³-hybridized carbons (Fsp3) is 0.385. The van der Waals surface area contributed by atoms with E-state index in [0.717, 1.165) is 22.3 Å². The molecule has 2 aromatic rings. The molecule has 0 radical (unpaired) electrons. The van der Waals surface area contributed by atoms with Crippen LogP contribution in [0.2, 0.25) is 0 Å². The third kappa shape index (κ3) is 6.17. The Morgan fingerprint density at radius 1 is 0.943 bits per heavy atom. The fourth-order valence-corrected chi connectivity index (χ4v) is 4.19. The van der Waals surface area contributed by atoms with Crippen LogP contribution in [0.4, 0.5) is 4.79 Å². The van der Waals surface area contributed by atoms with Gasteiger partial charge >= 0.3 is 18.0 Å². The summed E-state index contributed by atoms with van der Waals surface area (Å²) in [6.45, 7) is 3.53. The summed E-state index contributed by atoms with van der Waals surface area (Å²) in [5, 5.41) is 14.3. The second-order valence-corrected chi connectivity index (χ2v) is 8.71. The van der Waals surface area contributed by atoms with Crippen molar-refractivity contribution in [3.8, 4) is 11.1 Å². The van der Waals surface area contributed by atoms with Crippen LogP contribution in [0.15, 0.2) is 48.5 Å². The molecule has 9 nitrogen and oxygen atoms in total. The van der Waals surface area contributed by atoms with E-state index in [1.54, 1.807) is 13.8 Å². The first kappa shape index (κ1) is 25.7. The van der Waals surface area contributed by atoms with Crippen molar-refractivity contribution in [3.63, 3.8) is 0 Å². The van der Waals surface area contributed by atoms with Crippen LogP contribution in [0.5, 0.6) is 0 Å². The van der Waals surface area contributed by atoms with Crippen LogP contribution in [-0.2, 0) is 23.9 Å². The lowest BCUT2D eigenvalue weighted by atomic mass is 9.98. The van der Waals surface area contributed by atoms with Gasteiger partial charge < -0.3 is 25.2 Å². The van der Waals surface area contributed by atoms with Gasteiger partial charge in [-0.05, 0) is 34.6 Å². The number of rotatable bonds is 10. The van der Waals surface area contributed by atoms with Gasteiger partial charge in [-0.3, -0.25) is 9.59 Å². The van der Waals surface area contributed by atoms with E-state index in [1.165, 1.54) is 7.11 Å². The number of ether oxygens (including phenoxy) is 2. The smallest absolute Gasteiger partial charge is 0.407 e. The molecule has 0 aliphatic heterocycles. The van der Waals surface area contributed by atoms with Crippen LogP contribution < -0.4 is 10.6 Å². The molecule has 3 N–H and O–H groups in total. The molecule has 3 rings (SSSR count). The maximum Gasteiger partial charge on any atom is 0.407 e. The van der Waals surface area contributed by atoms with Gasteiger partial charge in [0.2, 0.25) is 5.91 Å². The zero-order valence-electron chi connectivity index (χ0n) is 19.9. The fourth-order valence-electron chi connectivity index (χ4n) is 4.19. The zero-order chi connectivity index (χ0) is 25.5. The second-order valence-electron chi connectivity index (χ2n) is 8.71. The van der Waals surface area contributed by atoms with Crippen molar-refractivity contribution < 1.29 is 33.8 Å². The minimum absolute atomic E-state index is 0.0865. The molecule has 0 spiro atoms. The number of methoxy groups -OCH3 is 1. The Morgan fingerprint density at radius 2 is 1.51 bits per heavy atom. The first-order valence-electron chi connectivity index (χ1n) is 11.4. The third-order valence-electron chi connectivity index (χ3n) is 6.05. The number of hydrogen-bond donors (Lipinski definition) is 3. The van der Waals surface area contributed by atoms with Gasteiger partial charge in [0, 0.05) is 12.3 Å². The van der Waals surface area contributed by atoms with E-state index >= 15 is 0 Å². The summed E-state index contributed by atoms with van der Waals surface area (Å²) in [6, 6.07) is 13.6. The van der Waals surface area contributed by atoms with Crippen molar-refractivity contribution in [2.24, 2.45) is 5.92 Å². The van der Waals surface area contributed by atoms with Gasteiger partial charge in [0.25, 0.3) is 0 Å². The summed E-state index contributed by atoms with van der Waals surface area (Å²) in [4.78, 5) is 48.3. The summed E-state index contributed by atoms with van der Waals surface area (Å²) in [7, 11) is 1.20. The normalized spacial score (nSPS) is 13.8. The second kappa shape index (κ2) is 11.5. The number of carboxylic acid groups (broad SMARTS) is 1. The molecule has 2 aromatic carbocycles. The Hall–Kier alpha value is -3.88. The highest BCUT2D eigenvalue weighted by Gasteiger charge is 2.32. The van der Waals surface area contributed by atoms with E-state index in [1.807, 2.05) is 48.5 Å². The molecule has 35 heavy (non-hydrogen) atoms. The number of esters is 1. The summed E-state index contributed by atoms with van der Waals surface area (Å²) in [5.41, 5.74) is 4.33. The molecule has 0 saturated carbocycles. The first-order valence-corrected chi connectivity index (χ1v) is 11.4. The molecule has 0 saturated heterocycles. The molecule has 1 aliphatic rings. The van der Waals surface area contributed by atoms with E-state index in [4.69, 9.17) is 4.74 Å². The maximum atomic E-state index is 12.8. The molecule has 0 aromatic heterocycles. The lowest BCUT2D eigenvalue weighted by Gasteiger charge is -2.24. The summed E-state index contributed by atoms with van der Waals surface area (Å²) in [6.07, 6.45) is -1.08. The Kier molecular flexibility index (Phi) is 8.46. The Labute approximate surface area is 203 Å². The lowest BCUT2D eigenvalue weighted by molar-refractivity contribution is -0.144. The Balaban J connectivity index is 1.63. The molecule has 186 valence electrons. The average molecular weight is 483 g/mol. The molecular weight excluding hydrogens is 452 g/mol. The molecule has 9 heteroatoms. The van der Waals surface area contributed by atoms with Gasteiger partial charge in [0.05, 0.1) is 7.11 Å². The predicted molar refractivity (Wildman–Crippen MR) is 128 cm³/mol. The highest BCUT2D eigenvalue weighted by molar-refractivity contribution is 5.89. The molecule has 2 atom stereocenters. The van der Waals surface area contributed by atoms with Gasteiger partial charge in [0.15, 0.2) is 0 Å². The number of benzene rings is 2. The van der Waals surface area contributed by atoms with E-state index in [-0.39, 0.29) is 31.3 Å². The number of hydrogen-bond acceptors (Lipinski definition) is 6. The lowest BCUT2D eigenvalue weighted by Crippen LogP contribution is -2.53. The van der Waals surface area contributed by atoms with E-state index in [0.29, 0.717) is 0 Å². The number of aliphatic carboxylic acids is 1. The number of carbonyl (C=O) groups is 4. The molecule has 1 aliphatic carbocycles. The first-order chi connectivity index (χ1) is 16.7. The zero-order valence-corrected chi connectivity index (χ0v) is 19.9. The van der Waals surface area contributed by atoms with Crippen LogP contribution in [0, 0.1) is 5.92 Å². The topological polar surface area (TPSA) is 131 Å². The van der Waals surface area contributed by atoms with Crippen molar-refractivity contribution in [2.75, 3.05) is 13.7 Å². The van der Waals surface area contributed by atoms with Crippen LogP contribution in [0.3, 0.4) is 0 Å². The van der Waals surface area contributed by atoms with Crippen LogP contribution >= 0.6 is 0 Å². The molecule has 0 unspecified atom stereocenters. The summed E-state index contributed by atoms with van der Waals surface area (Å²) < 4.78 is 10.0. The minimum atomic E-state index is -1.30. The van der Waals surface area contributed by atoms with Gasteiger partial charge in [-0.1, -0.05) is 62.4 Å². The van der Waals surface area contributed by atoms with E-state index in [2.05, 4.69) is 15.4 Å². The summed E-state index contributed by atoms with van der Waals surface area (Å²) in [5.74, 6) is -3.01. The summed E-state index contributed by atoms with van der Waals surface area (Å²) >= 11 is 0. The quantitative estimate of drug-likeness (QED) is 0.444. The van der Waals surface area contributed by atoms with Crippen LogP contribution in [0.25, 0.3) is 11.1 Å². The molecule has 0 fully saturated rings. The van der Waals surface area contributed by atoms with Crippen molar-refractivity contribution >= 4 is 23.9 Å². The Bertz CT molecular complexity index is 1050. The van der Waals surface area contributed by atoms with Crippen molar-refractivity contribution in [2.45, 2.75) is 44.7 Å². The van der Waals surface area contributed by atoms with Crippen molar-refractivity contribution in [1.29, 1.82) is 0 Å². The molecule has 2 amide bonds. The van der Waals surface area contributed by atoms with Gasteiger partial charge in [-0.15, -0.1) is 0 Å². The predicted octanol–water partition coefficient (Wildman–Crippen LogP) is 3.07. The van der Waals surface area contributed by atoms with Gasteiger partial charge in [-0.2, -0.15) is 0 Å². The molecule has 0 bridgehead atoms. The maximum absolute atomic E-state index is 12.8. The highest BCUT2D eigenvalue weighted by atomic mass is 16.5. The number of amides is 2. The van der Waals surface area contributed by atoms with Gasteiger partial charge in [-0.25, -0.2) is 9.59 Å². The number of carboxylic acids is 1. The van der Waals surface area contributed by atoms with Crippen LogP contribution in [-0.4, -0.2) is 54.8 Å². The van der Waals surface area contributed by atoms with Gasteiger partial charge in [0.1, 0.15) is 18.7 Å². The van der Waals surface area contributed by atoms with E-state index < -0.39 is 36.0 Å².